The Balaban J connectivity index is 1.80. The summed E-state index contributed by atoms with van der Waals surface area (Å²) in [5, 5.41) is 6.32. The highest BCUT2D eigenvalue weighted by molar-refractivity contribution is 7.09. The fraction of sp³-hybridized carbons (Fsp3) is 0.412. The number of carbonyl (C=O) groups excluding carboxylic acids is 1. The third kappa shape index (κ3) is 3.00. The molecule has 1 aromatic heterocycles. The van der Waals surface area contributed by atoms with Crippen molar-refractivity contribution in [2.75, 3.05) is 0 Å². The highest BCUT2D eigenvalue weighted by Gasteiger charge is 2.33. The Morgan fingerprint density at radius 1 is 1.38 bits per heavy atom. The number of rotatable bonds is 5. The van der Waals surface area contributed by atoms with Gasteiger partial charge in [0.25, 0.3) is 5.91 Å². The van der Waals surface area contributed by atoms with Gasteiger partial charge in [0.2, 0.25) is 0 Å². The molecule has 1 N–H and O–H groups in total. The number of amides is 1. The topological polar surface area (TPSA) is 42.0 Å². The largest absolute Gasteiger partial charge is 0.340 e. The molecule has 0 bridgehead atoms. The molecule has 1 atom stereocenters. The minimum absolute atomic E-state index is 0.0388. The standard InChI is InChI=1S/C17H20N2OS/c1-3-17(2,16-18-14(11-21-16)12-9-10-12)19-15(20)13-7-5-4-6-8-13/h4-8,11-12H,3,9-10H2,1-2H3,(H,19,20)/t17-/m1/s1. The first-order valence-corrected chi connectivity index (χ1v) is 8.34. The van der Waals surface area contributed by atoms with Gasteiger partial charge in [0, 0.05) is 16.9 Å². The van der Waals surface area contributed by atoms with Crippen LogP contribution in [-0.4, -0.2) is 10.9 Å². The van der Waals surface area contributed by atoms with Crippen molar-refractivity contribution >= 4 is 17.2 Å². The molecule has 1 saturated carbocycles. The van der Waals surface area contributed by atoms with Gasteiger partial charge in [0.05, 0.1) is 11.2 Å². The molecule has 0 radical (unpaired) electrons. The first-order valence-electron chi connectivity index (χ1n) is 7.46. The van der Waals surface area contributed by atoms with Gasteiger partial charge >= 0.3 is 0 Å². The molecule has 1 aliphatic rings. The van der Waals surface area contributed by atoms with Crippen LogP contribution in [0.2, 0.25) is 0 Å². The number of hydrogen-bond donors (Lipinski definition) is 1. The van der Waals surface area contributed by atoms with E-state index in [9.17, 15) is 4.79 Å². The van der Waals surface area contributed by atoms with Crippen molar-refractivity contribution in [2.45, 2.75) is 44.6 Å². The van der Waals surface area contributed by atoms with Gasteiger partial charge in [-0.05, 0) is 38.3 Å². The van der Waals surface area contributed by atoms with Crippen LogP contribution in [0.4, 0.5) is 0 Å². The van der Waals surface area contributed by atoms with Crippen LogP contribution in [0, 0.1) is 0 Å². The summed E-state index contributed by atoms with van der Waals surface area (Å²) in [5.74, 6) is 0.615. The maximum absolute atomic E-state index is 12.4. The maximum Gasteiger partial charge on any atom is 0.252 e. The van der Waals surface area contributed by atoms with E-state index in [1.165, 1.54) is 18.5 Å². The maximum atomic E-state index is 12.4. The lowest BCUT2D eigenvalue weighted by molar-refractivity contribution is 0.0902. The summed E-state index contributed by atoms with van der Waals surface area (Å²) in [7, 11) is 0. The number of nitrogens with one attached hydrogen (secondary N) is 1. The lowest BCUT2D eigenvalue weighted by atomic mass is 9.99. The van der Waals surface area contributed by atoms with E-state index in [1.807, 2.05) is 30.3 Å². The minimum Gasteiger partial charge on any atom is -0.340 e. The lowest BCUT2D eigenvalue weighted by Gasteiger charge is -2.27. The van der Waals surface area contributed by atoms with Crippen molar-refractivity contribution in [2.24, 2.45) is 0 Å². The SMILES string of the molecule is CC[C@@](C)(NC(=O)c1ccccc1)c1nc(C2CC2)cs1. The highest BCUT2D eigenvalue weighted by Crippen LogP contribution is 2.41. The van der Waals surface area contributed by atoms with E-state index in [-0.39, 0.29) is 5.91 Å². The normalized spacial score (nSPS) is 17.2. The number of aromatic nitrogens is 1. The Kier molecular flexibility index (Phi) is 3.81. The Hall–Kier alpha value is -1.68. The summed E-state index contributed by atoms with van der Waals surface area (Å²) >= 11 is 1.66. The van der Waals surface area contributed by atoms with Crippen molar-refractivity contribution in [3.63, 3.8) is 0 Å². The number of thiazole rings is 1. The van der Waals surface area contributed by atoms with E-state index >= 15 is 0 Å². The van der Waals surface area contributed by atoms with Crippen molar-refractivity contribution in [3.8, 4) is 0 Å². The van der Waals surface area contributed by atoms with E-state index in [0.29, 0.717) is 11.5 Å². The molecular weight excluding hydrogens is 280 g/mol. The van der Waals surface area contributed by atoms with Gasteiger partial charge in [-0.1, -0.05) is 25.1 Å². The van der Waals surface area contributed by atoms with E-state index in [1.54, 1.807) is 11.3 Å². The number of carbonyl (C=O) groups is 1. The van der Waals surface area contributed by atoms with Gasteiger partial charge in [-0.15, -0.1) is 11.3 Å². The molecular formula is C17H20N2OS. The predicted octanol–water partition coefficient (Wildman–Crippen LogP) is 4.08. The first kappa shape index (κ1) is 14.3. The molecule has 0 spiro atoms. The van der Waals surface area contributed by atoms with E-state index in [2.05, 4.69) is 24.5 Å². The molecule has 1 amide bonds. The average Bonchev–Trinajstić information content (AvgIpc) is 3.24. The summed E-state index contributed by atoms with van der Waals surface area (Å²) in [6.07, 6.45) is 3.33. The van der Waals surface area contributed by atoms with Crippen LogP contribution >= 0.6 is 11.3 Å². The molecule has 2 aromatic rings. The molecule has 1 heterocycles. The van der Waals surface area contributed by atoms with Gasteiger partial charge in [-0.3, -0.25) is 4.79 Å². The molecule has 0 saturated heterocycles. The fourth-order valence-electron chi connectivity index (χ4n) is 2.31. The zero-order chi connectivity index (χ0) is 14.9. The second kappa shape index (κ2) is 5.60. The van der Waals surface area contributed by atoms with E-state index < -0.39 is 5.54 Å². The number of benzene rings is 1. The third-order valence-corrected chi connectivity index (χ3v) is 5.25. The third-order valence-electron chi connectivity index (χ3n) is 4.12. The summed E-state index contributed by atoms with van der Waals surface area (Å²) in [6.45, 7) is 4.15. The van der Waals surface area contributed by atoms with Gasteiger partial charge in [0.15, 0.2) is 0 Å². The molecule has 1 fully saturated rings. The van der Waals surface area contributed by atoms with E-state index in [0.717, 1.165) is 11.4 Å². The highest BCUT2D eigenvalue weighted by atomic mass is 32.1. The number of nitrogens with zero attached hydrogens (tertiary/aromatic N) is 1. The Morgan fingerprint density at radius 3 is 2.71 bits per heavy atom. The number of hydrogen-bond acceptors (Lipinski definition) is 3. The van der Waals surface area contributed by atoms with Crippen LogP contribution in [0.1, 0.15) is 60.1 Å². The van der Waals surface area contributed by atoms with Crippen LogP contribution in [0.15, 0.2) is 35.7 Å². The van der Waals surface area contributed by atoms with Crippen LogP contribution in [0.3, 0.4) is 0 Å². The molecule has 110 valence electrons. The molecule has 3 nitrogen and oxygen atoms in total. The molecule has 4 heteroatoms. The average molecular weight is 300 g/mol. The molecule has 3 rings (SSSR count). The van der Waals surface area contributed by atoms with Crippen molar-refractivity contribution in [3.05, 3.63) is 52.0 Å². The van der Waals surface area contributed by atoms with Gasteiger partial charge < -0.3 is 5.32 Å². The van der Waals surface area contributed by atoms with Crippen LogP contribution in [-0.2, 0) is 5.54 Å². The van der Waals surface area contributed by atoms with Gasteiger partial charge in [-0.25, -0.2) is 4.98 Å². The zero-order valence-corrected chi connectivity index (χ0v) is 13.2. The van der Waals surface area contributed by atoms with Crippen molar-refractivity contribution < 1.29 is 4.79 Å². The minimum atomic E-state index is -0.398. The lowest BCUT2D eigenvalue weighted by Crippen LogP contribution is -2.43. The van der Waals surface area contributed by atoms with Crippen LogP contribution in [0.5, 0.6) is 0 Å². The van der Waals surface area contributed by atoms with Crippen molar-refractivity contribution in [1.82, 2.24) is 10.3 Å². The zero-order valence-electron chi connectivity index (χ0n) is 12.4. The van der Waals surface area contributed by atoms with Crippen molar-refractivity contribution in [1.29, 1.82) is 0 Å². The molecule has 21 heavy (non-hydrogen) atoms. The van der Waals surface area contributed by atoms with Crippen LogP contribution < -0.4 is 5.32 Å². The smallest absolute Gasteiger partial charge is 0.252 e. The summed E-state index contributed by atoms with van der Waals surface area (Å²) in [6, 6.07) is 9.35. The fourth-order valence-corrected chi connectivity index (χ4v) is 3.40. The van der Waals surface area contributed by atoms with Gasteiger partial charge in [0.1, 0.15) is 5.01 Å². The second-order valence-corrected chi connectivity index (χ2v) is 6.72. The van der Waals surface area contributed by atoms with Gasteiger partial charge in [-0.2, -0.15) is 0 Å². The quantitative estimate of drug-likeness (QED) is 0.904. The summed E-state index contributed by atoms with van der Waals surface area (Å²) in [5.41, 5.74) is 1.49. The molecule has 1 aliphatic carbocycles. The molecule has 0 aliphatic heterocycles. The van der Waals surface area contributed by atoms with E-state index in [4.69, 9.17) is 4.98 Å². The second-order valence-electron chi connectivity index (χ2n) is 5.86. The molecule has 0 unspecified atom stereocenters. The summed E-state index contributed by atoms with van der Waals surface area (Å²) < 4.78 is 0. The molecule has 1 aromatic carbocycles. The Morgan fingerprint density at radius 2 is 2.10 bits per heavy atom. The first-order chi connectivity index (χ1) is 10.1. The monoisotopic (exact) mass is 300 g/mol. The Bertz CT molecular complexity index is 633. The Labute approximate surface area is 129 Å². The summed E-state index contributed by atoms with van der Waals surface area (Å²) in [4.78, 5) is 17.2. The predicted molar refractivity (Wildman–Crippen MR) is 85.6 cm³/mol. The van der Waals surface area contributed by atoms with Crippen LogP contribution in [0.25, 0.3) is 0 Å².